The third-order valence-electron chi connectivity index (χ3n) is 4.71. The van der Waals surface area contributed by atoms with Gasteiger partial charge in [0.25, 0.3) is 0 Å². The number of aromatic amines is 1. The number of thioether (sulfide) groups is 1. The van der Waals surface area contributed by atoms with Crippen LogP contribution >= 0.6 is 23.4 Å². The number of hydrogen-bond acceptors (Lipinski definition) is 4. The van der Waals surface area contributed by atoms with Gasteiger partial charge >= 0.3 is 0 Å². The Labute approximate surface area is 162 Å². The Balaban J connectivity index is 1.83. The molecule has 1 aromatic carbocycles. The monoisotopic (exact) mass is 382 g/mol. The van der Waals surface area contributed by atoms with E-state index in [1.807, 2.05) is 37.4 Å². The Bertz CT molecular complexity index is 1010. The smallest absolute Gasteiger partial charge is 0.138 e. The van der Waals surface area contributed by atoms with Gasteiger partial charge in [0.2, 0.25) is 0 Å². The molecular weight excluding hydrogens is 364 g/mol. The third kappa shape index (κ3) is 2.84. The Hall–Kier alpha value is -2.16. The maximum atomic E-state index is 9.32. The van der Waals surface area contributed by atoms with E-state index < -0.39 is 0 Å². The number of H-pyrrole nitrogens is 1. The average Bonchev–Trinajstić information content (AvgIpc) is 2.96. The van der Waals surface area contributed by atoms with Crippen LogP contribution in [0.25, 0.3) is 22.2 Å². The Morgan fingerprint density at radius 3 is 2.85 bits per heavy atom. The van der Waals surface area contributed by atoms with E-state index in [-0.39, 0.29) is 5.41 Å². The molecule has 2 aromatic heterocycles. The van der Waals surface area contributed by atoms with Gasteiger partial charge in [0.1, 0.15) is 5.82 Å². The van der Waals surface area contributed by atoms with Crippen LogP contribution in [0.15, 0.2) is 41.4 Å². The molecule has 132 valence electrons. The van der Waals surface area contributed by atoms with Gasteiger partial charge in [0, 0.05) is 40.6 Å². The largest absolute Gasteiger partial charge is 0.353 e. The Morgan fingerprint density at radius 1 is 1.38 bits per heavy atom. The predicted octanol–water partition coefficient (Wildman–Crippen LogP) is 5.35. The van der Waals surface area contributed by atoms with Crippen molar-refractivity contribution in [3.05, 3.63) is 41.6 Å². The topological polar surface area (TPSA) is 55.7 Å². The van der Waals surface area contributed by atoms with E-state index in [2.05, 4.69) is 28.9 Å². The highest BCUT2D eigenvalue weighted by Crippen LogP contribution is 2.42. The molecule has 1 fully saturated rings. The lowest BCUT2D eigenvalue weighted by Gasteiger charge is -2.44. The second-order valence-electron chi connectivity index (χ2n) is 6.86. The highest BCUT2D eigenvalue weighted by atomic mass is 35.5. The van der Waals surface area contributed by atoms with Gasteiger partial charge < -0.3 is 9.88 Å². The van der Waals surface area contributed by atoms with Gasteiger partial charge in [0.05, 0.1) is 22.2 Å². The van der Waals surface area contributed by atoms with Gasteiger partial charge in [-0.25, -0.2) is 4.98 Å². The number of rotatable bonds is 4. The molecule has 4 rings (SSSR count). The number of benzene rings is 1. The van der Waals surface area contributed by atoms with E-state index in [1.54, 1.807) is 11.8 Å². The van der Waals surface area contributed by atoms with Gasteiger partial charge in [-0.05, 0) is 24.8 Å². The fourth-order valence-corrected chi connectivity index (χ4v) is 4.41. The van der Waals surface area contributed by atoms with Crippen molar-refractivity contribution < 1.29 is 0 Å². The van der Waals surface area contributed by atoms with Crippen molar-refractivity contribution in [3.63, 3.8) is 0 Å². The molecule has 1 N–H and O–H groups in total. The van der Waals surface area contributed by atoms with Crippen molar-refractivity contribution in [1.82, 2.24) is 9.97 Å². The summed E-state index contributed by atoms with van der Waals surface area (Å²) in [6.07, 6.45) is 1.91. The number of pyridine rings is 1. The summed E-state index contributed by atoms with van der Waals surface area (Å²) in [7, 11) is 0. The standard InChI is InChI=1S/C20H19ClN4S/c1-3-26-13-8-15(18-17(21)14-6-4-5-7-16(14)24-18)19(23-9-13)25-11-20(2,10-22)12-25/h4-9,24H,3,11-12H2,1-2H3. The van der Waals surface area contributed by atoms with Gasteiger partial charge in [-0.3, -0.25) is 0 Å². The molecule has 0 amide bonds. The molecule has 3 heterocycles. The van der Waals surface area contributed by atoms with Crippen molar-refractivity contribution in [2.75, 3.05) is 23.7 Å². The molecule has 0 saturated carbocycles. The zero-order chi connectivity index (χ0) is 18.3. The lowest BCUT2D eigenvalue weighted by molar-refractivity contribution is 0.334. The quantitative estimate of drug-likeness (QED) is 0.618. The first kappa shape index (κ1) is 17.3. The maximum Gasteiger partial charge on any atom is 0.138 e. The van der Waals surface area contributed by atoms with Crippen LogP contribution in [-0.4, -0.2) is 28.8 Å². The highest BCUT2D eigenvalue weighted by Gasteiger charge is 2.40. The van der Waals surface area contributed by atoms with Crippen LogP contribution < -0.4 is 4.90 Å². The minimum atomic E-state index is -0.306. The molecule has 4 nitrogen and oxygen atoms in total. The number of nitriles is 1. The Morgan fingerprint density at radius 2 is 2.15 bits per heavy atom. The molecule has 0 unspecified atom stereocenters. The summed E-state index contributed by atoms with van der Waals surface area (Å²) in [5.41, 5.74) is 2.58. The summed E-state index contributed by atoms with van der Waals surface area (Å²) in [6.45, 7) is 5.48. The number of nitrogens with zero attached hydrogens (tertiary/aromatic N) is 3. The summed E-state index contributed by atoms with van der Waals surface area (Å²) in [6, 6.07) is 12.6. The molecule has 1 saturated heterocycles. The van der Waals surface area contributed by atoms with Crippen molar-refractivity contribution in [2.24, 2.45) is 5.41 Å². The first-order chi connectivity index (χ1) is 12.5. The van der Waals surface area contributed by atoms with Crippen LogP contribution in [0.2, 0.25) is 5.02 Å². The van der Waals surface area contributed by atoms with Crippen LogP contribution in [0.4, 0.5) is 5.82 Å². The number of aromatic nitrogens is 2. The highest BCUT2D eigenvalue weighted by molar-refractivity contribution is 7.99. The molecule has 6 heteroatoms. The van der Waals surface area contributed by atoms with E-state index in [0.717, 1.165) is 38.6 Å². The summed E-state index contributed by atoms with van der Waals surface area (Å²) in [4.78, 5) is 11.4. The Kier molecular flexibility index (Phi) is 4.34. The van der Waals surface area contributed by atoms with Crippen LogP contribution in [0.3, 0.4) is 0 Å². The lowest BCUT2D eigenvalue weighted by Crippen LogP contribution is -2.54. The summed E-state index contributed by atoms with van der Waals surface area (Å²) in [5.74, 6) is 1.86. The minimum absolute atomic E-state index is 0.306. The summed E-state index contributed by atoms with van der Waals surface area (Å²) in [5, 5.41) is 11.0. The second-order valence-corrected chi connectivity index (χ2v) is 8.58. The summed E-state index contributed by atoms with van der Waals surface area (Å²) < 4.78 is 0. The van der Waals surface area contributed by atoms with Gasteiger partial charge in [-0.1, -0.05) is 36.7 Å². The fraction of sp³-hybridized carbons (Fsp3) is 0.300. The second kappa shape index (κ2) is 6.53. The molecule has 3 aromatic rings. The van der Waals surface area contributed by atoms with E-state index in [1.165, 1.54) is 0 Å². The molecule has 1 aliphatic rings. The first-order valence-corrected chi connectivity index (χ1v) is 9.96. The van der Waals surface area contributed by atoms with Crippen LogP contribution in [-0.2, 0) is 0 Å². The number of fused-ring (bicyclic) bond motifs is 1. The normalized spacial score (nSPS) is 15.7. The zero-order valence-electron chi connectivity index (χ0n) is 14.7. The van der Waals surface area contributed by atoms with Crippen molar-refractivity contribution >= 4 is 40.1 Å². The van der Waals surface area contributed by atoms with Gasteiger partial charge in [-0.2, -0.15) is 5.26 Å². The number of halogens is 1. The van der Waals surface area contributed by atoms with Crippen molar-refractivity contribution in [3.8, 4) is 17.3 Å². The molecule has 0 atom stereocenters. The molecule has 0 aliphatic carbocycles. The van der Waals surface area contributed by atoms with E-state index in [9.17, 15) is 5.26 Å². The predicted molar refractivity (Wildman–Crippen MR) is 109 cm³/mol. The van der Waals surface area contributed by atoms with E-state index in [4.69, 9.17) is 16.6 Å². The third-order valence-corrected chi connectivity index (χ3v) is 5.95. The number of anilines is 1. The average molecular weight is 383 g/mol. The molecule has 1 aliphatic heterocycles. The number of hydrogen-bond donors (Lipinski definition) is 1. The SMILES string of the molecule is CCSc1cnc(N2CC(C)(C#N)C2)c(-c2[nH]c3ccccc3c2Cl)c1. The lowest BCUT2D eigenvalue weighted by atomic mass is 9.83. The van der Waals surface area contributed by atoms with Crippen molar-refractivity contribution in [1.29, 1.82) is 5.26 Å². The van der Waals surface area contributed by atoms with Crippen LogP contribution in [0.1, 0.15) is 13.8 Å². The molecule has 0 bridgehead atoms. The fourth-order valence-electron chi connectivity index (χ4n) is 3.43. The van der Waals surface area contributed by atoms with Crippen LogP contribution in [0.5, 0.6) is 0 Å². The molecular formula is C20H19ClN4S. The van der Waals surface area contributed by atoms with E-state index >= 15 is 0 Å². The number of para-hydroxylation sites is 1. The van der Waals surface area contributed by atoms with E-state index in [0.29, 0.717) is 18.1 Å². The summed E-state index contributed by atoms with van der Waals surface area (Å²) >= 11 is 8.46. The molecule has 0 spiro atoms. The first-order valence-electron chi connectivity index (χ1n) is 8.60. The van der Waals surface area contributed by atoms with Gasteiger partial charge in [-0.15, -0.1) is 11.8 Å². The molecule has 0 radical (unpaired) electrons. The number of nitrogens with one attached hydrogen (secondary N) is 1. The van der Waals surface area contributed by atoms with Crippen molar-refractivity contribution in [2.45, 2.75) is 18.7 Å². The zero-order valence-corrected chi connectivity index (χ0v) is 16.3. The van der Waals surface area contributed by atoms with Crippen LogP contribution in [0, 0.1) is 16.7 Å². The maximum absolute atomic E-state index is 9.32. The van der Waals surface area contributed by atoms with Gasteiger partial charge in [0.15, 0.2) is 0 Å². The molecule has 26 heavy (non-hydrogen) atoms. The minimum Gasteiger partial charge on any atom is -0.353 e.